The number of rotatable bonds is 2. The third-order valence-corrected chi connectivity index (χ3v) is 2.38. The number of carbonyl (C=O) groups is 2. The van der Waals surface area contributed by atoms with E-state index in [1.54, 1.807) is 35.6 Å². The Kier molecular flexibility index (Phi) is 3.28. The van der Waals surface area contributed by atoms with Crippen LogP contribution >= 0.6 is 0 Å². The zero-order valence-electron chi connectivity index (χ0n) is 9.40. The van der Waals surface area contributed by atoms with E-state index < -0.39 is 24.1 Å². The summed E-state index contributed by atoms with van der Waals surface area (Å²) in [6.45, 7) is 0. The molecule has 0 aromatic heterocycles. The van der Waals surface area contributed by atoms with Gasteiger partial charge in [0.05, 0.1) is 0 Å². The molecule has 4 nitrogen and oxygen atoms in total. The number of hydrogen-bond donors (Lipinski definition) is 1. The predicted octanol–water partition coefficient (Wildman–Crippen LogP) is 1.63. The molecule has 1 aliphatic rings. The van der Waals surface area contributed by atoms with Gasteiger partial charge in [-0.05, 0) is 6.08 Å². The van der Waals surface area contributed by atoms with Crippen molar-refractivity contribution in [3.63, 3.8) is 0 Å². The van der Waals surface area contributed by atoms with Gasteiger partial charge < -0.3 is 10.1 Å². The molecule has 0 saturated carbocycles. The summed E-state index contributed by atoms with van der Waals surface area (Å²) in [7, 11) is 0. The first-order valence-corrected chi connectivity index (χ1v) is 5.24. The summed E-state index contributed by atoms with van der Waals surface area (Å²) in [6, 6.07) is 6.95. The predicted molar refractivity (Wildman–Crippen MR) is 58.5 cm³/mol. The SMILES string of the molecule is O=C1OC(c2ccccc2)=CC1NC(=O)C(F)(F)F. The molecule has 0 radical (unpaired) electrons. The summed E-state index contributed by atoms with van der Waals surface area (Å²) in [5, 5.41) is 1.55. The summed E-state index contributed by atoms with van der Waals surface area (Å²) in [4.78, 5) is 22.1. The van der Waals surface area contributed by atoms with Gasteiger partial charge in [0.25, 0.3) is 0 Å². The second kappa shape index (κ2) is 4.75. The van der Waals surface area contributed by atoms with Gasteiger partial charge >= 0.3 is 18.1 Å². The van der Waals surface area contributed by atoms with Crippen molar-refractivity contribution in [2.45, 2.75) is 12.2 Å². The number of halogens is 3. The molecule has 1 aliphatic heterocycles. The highest BCUT2D eigenvalue weighted by Gasteiger charge is 2.42. The highest BCUT2D eigenvalue weighted by Crippen LogP contribution is 2.23. The van der Waals surface area contributed by atoms with Gasteiger partial charge in [0.15, 0.2) is 6.04 Å². The fourth-order valence-corrected chi connectivity index (χ4v) is 1.51. The van der Waals surface area contributed by atoms with Crippen molar-refractivity contribution in [2.24, 2.45) is 0 Å². The average Bonchev–Trinajstić information content (AvgIpc) is 2.71. The van der Waals surface area contributed by atoms with Crippen molar-refractivity contribution in [1.29, 1.82) is 0 Å². The molecule has 100 valence electrons. The van der Waals surface area contributed by atoms with Crippen molar-refractivity contribution < 1.29 is 27.5 Å². The van der Waals surface area contributed by atoms with Crippen molar-refractivity contribution in [1.82, 2.24) is 5.32 Å². The summed E-state index contributed by atoms with van der Waals surface area (Å²) in [5.74, 6) is -3.01. The van der Waals surface area contributed by atoms with Crippen LogP contribution in [0, 0.1) is 0 Å². The Bertz CT molecular complexity index is 537. The number of hydrogen-bond acceptors (Lipinski definition) is 3. The summed E-state index contributed by atoms with van der Waals surface area (Å²) in [6.07, 6.45) is -3.90. The van der Waals surface area contributed by atoms with Gasteiger partial charge in [-0.25, -0.2) is 4.79 Å². The molecule has 0 aliphatic carbocycles. The van der Waals surface area contributed by atoms with Gasteiger partial charge in [0.1, 0.15) is 5.76 Å². The number of carbonyl (C=O) groups excluding carboxylic acids is 2. The molecular formula is C12H8F3NO3. The minimum absolute atomic E-state index is 0.123. The smallest absolute Gasteiger partial charge is 0.424 e. The van der Waals surface area contributed by atoms with Crippen LogP contribution in [0.1, 0.15) is 5.56 Å². The van der Waals surface area contributed by atoms with E-state index in [0.717, 1.165) is 6.08 Å². The maximum absolute atomic E-state index is 12.1. The van der Waals surface area contributed by atoms with E-state index >= 15 is 0 Å². The van der Waals surface area contributed by atoms with Gasteiger partial charge in [-0.2, -0.15) is 13.2 Å². The number of benzene rings is 1. The molecular weight excluding hydrogens is 263 g/mol. The first kappa shape index (κ1) is 13.1. The van der Waals surface area contributed by atoms with Crippen LogP contribution in [0.5, 0.6) is 0 Å². The average molecular weight is 271 g/mol. The Morgan fingerprint density at radius 2 is 1.84 bits per heavy atom. The normalized spacial score (nSPS) is 18.8. The fraction of sp³-hybridized carbons (Fsp3) is 0.167. The van der Waals surface area contributed by atoms with E-state index in [9.17, 15) is 22.8 Å². The fourth-order valence-electron chi connectivity index (χ4n) is 1.51. The third kappa shape index (κ3) is 2.93. The zero-order chi connectivity index (χ0) is 14.0. The van der Waals surface area contributed by atoms with E-state index in [1.807, 2.05) is 0 Å². The molecule has 0 spiro atoms. The lowest BCUT2D eigenvalue weighted by Gasteiger charge is -2.09. The van der Waals surface area contributed by atoms with Crippen LogP contribution in [0.3, 0.4) is 0 Å². The minimum atomic E-state index is -5.04. The molecule has 1 aromatic rings. The molecule has 1 aromatic carbocycles. The molecule has 19 heavy (non-hydrogen) atoms. The number of esters is 1. The Hall–Kier alpha value is -2.31. The number of ether oxygens (including phenoxy) is 1. The van der Waals surface area contributed by atoms with E-state index in [2.05, 4.69) is 0 Å². The Morgan fingerprint density at radius 3 is 2.42 bits per heavy atom. The zero-order valence-corrected chi connectivity index (χ0v) is 9.40. The summed E-state index contributed by atoms with van der Waals surface area (Å²) >= 11 is 0. The minimum Gasteiger partial charge on any atom is -0.424 e. The molecule has 7 heteroatoms. The molecule has 1 amide bonds. The maximum Gasteiger partial charge on any atom is 0.471 e. The molecule has 0 bridgehead atoms. The van der Waals surface area contributed by atoms with Crippen LogP contribution in [-0.4, -0.2) is 24.1 Å². The van der Waals surface area contributed by atoms with E-state index in [0.29, 0.717) is 5.56 Å². The summed E-state index contributed by atoms with van der Waals surface area (Å²) < 4.78 is 41.0. The Labute approximate surface area is 105 Å². The van der Waals surface area contributed by atoms with Gasteiger partial charge in [-0.15, -0.1) is 0 Å². The topological polar surface area (TPSA) is 55.4 Å². The molecule has 1 atom stereocenters. The van der Waals surface area contributed by atoms with Crippen LogP contribution in [0.4, 0.5) is 13.2 Å². The molecule has 1 unspecified atom stereocenters. The molecule has 2 rings (SSSR count). The van der Waals surface area contributed by atoms with Crippen molar-refractivity contribution in [3.8, 4) is 0 Å². The number of nitrogens with one attached hydrogen (secondary N) is 1. The Balaban J connectivity index is 2.14. The summed E-state index contributed by atoms with van der Waals surface area (Å²) in [5.41, 5.74) is 0.541. The maximum atomic E-state index is 12.1. The monoisotopic (exact) mass is 271 g/mol. The van der Waals surface area contributed by atoms with E-state index in [1.165, 1.54) is 0 Å². The lowest BCUT2D eigenvalue weighted by atomic mass is 10.1. The molecule has 0 saturated heterocycles. The van der Waals surface area contributed by atoms with Crippen molar-refractivity contribution in [2.75, 3.05) is 0 Å². The van der Waals surface area contributed by atoms with Crippen molar-refractivity contribution in [3.05, 3.63) is 42.0 Å². The van der Waals surface area contributed by atoms with Crippen LogP contribution < -0.4 is 5.32 Å². The van der Waals surface area contributed by atoms with E-state index in [4.69, 9.17) is 4.74 Å². The first-order valence-electron chi connectivity index (χ1n) is 5.24. The van der Waals surface area contributed by atoms with Crippen LogP contribution in [0.2, 0.25) is 0 Å². The van der Waals surface area contributed by atoms with Gasteiger partial charge in [0, 0.05) is 5.56 Å². The molecule has 0 fully saturated rings. The second-order valence-electron chi connectivity index (χ2n) is 3.77. The van der Waals surface area contributed by atoms with Gasteiger partial charge in [-0.3, -0.25) is 4.79 Å². The lowest BCUT2D eigenvalue weighted by molar-refractivity contribution is -0.174. The highest BCUT2D eigenvalue weighted by atomic mass is 19.4. The van der Waals surface area contributed by atoms with Crippen LogP contribution in [-0.2, 0) is 14.3 Å². The van der Waals surface area contributed by atoms with Gasteiger partial charge in [-0.1, -0.05) is 30.3 Å². The van der Waals surface area contributed by atoms with Gasteiger partial charge in [0.2, 0.25) is 0 Å². The largest absolute Gasteiger partial charge is 0.471 e. The van der Waals surface area contributed by atoms with Crippen LogP contribution in [0.25, 0.3) is 5.76 Å². The number of amides is 1. The van der Waals surface area contributed by atoms with E-state index in [-0.39, 0.29) is 5.76 Å². The Morgan fingerprint density at radius 1 is 1.21 bits per heavy atom. The first-order chi connectivity index (χ1) is 8.88. The van der Waals surface area contributed by atoms with Crippen molar-refractivity contribution >= 4 is 17.6 Å². The quantitative estimate of drug-likeness (QED) is 0.832. The standard InChI is InChI=1S/C12H8F3NO3/c13-12(14,15)11(18)16-8-6-9(19-10(8)17)7-4-2-1-3-5-7/h1-6,8H,(H,16,18). The lowest BCUT2D eigenvalue weighted by Crippen LogP contribution is -2.44. The number of cyclic esters (lactones) is 1. The third-order valence-electron chi connectivity index (χ3n) is 2.38. The molecule has 1 heterocycles. The second-order valence-corrected chi connectivity index (χ2v) is 3.77. The number of alkyl halides is 3. The van der Waals surface area contributed by atoms with Crippen LogP contribution in [0.15, 0.2) is 36.4 Å². The highest BCUT2D eigenvalue weighted by molar-refractivity contribution is 5.95. The molecule has 1 N–H and O–H groups in total.